The first kappa shape index (κ1) is 10.1. The van der Waals surface area contributed by atoms with Crippen molar-refractivity contribution in [2.75, 3.05) is 6.61 Å². The maximum absolute atomic E-state index is 8.78. The van der Waals surface area contributed by atoms with E-state index in [2.05, 4.69) is 11.9 Å². The second kappa shape index (κ2) is 4.94. The van der Waals surface area contributed by atoms with Crippen LogP contribution in [0.2, 0.25) is 0 Å². The number of hydrogen-bond acceptors (Lipinski definition) is 3. The summed E-state index contributed by atoms with van der Waals surface area (Å²) in [4.78, 5) is 2.71. The van der Waals surface area contributed by atoms with Crippen LogP contribution >= 0.6 is 0 Å². The summed E-state index contributed by atoms with van der Waals surface area (Å²) in [6, 6.07) is 1.58. The van der Waals surface area contributed by atoms with Gasteiger partial charge in [-0.3, -0.25) is 0 Å². The molecule has 1 rings (SSSR count). The zero-order valence-corrected chi connectivity index (χ0v) is 7.66. The van der Waals surface area contributed by atoms with Crippen LogP contribution in [0.5, 0.6) is 5.75 Å². The molecule has 0 radical (unpaired) electrons. The highest BCUT2D eigenvalue weighted by Crippen LogP contribution is 2.06. The van der Waals surface area contributed by atoms with Gasteiger partial charge in [0.15, 0.2) is 0 Å². The number of ether oxygens (including phenoxy) is 1. The second-order valence-electron chi connectivity index (χ2n) is 2.87. The number of nitrogens with one attached hydrogen (secondary N) is 1. The van der Waals surface area contributed by atoms with Crippen LogP contribution < -0.4 is 10.3 Å². The third kappa shape index (κ3) is 3.12. The van der Waals surface area contributed by atoms with Gasteiger partial charge in [0.1, 0.15) is 5.75 Å². The van der Waals surface area contributed by atoms with Crippen molar-refractivity contribution in [3.8, 4) is 5.75 Å². The van der Waals surface area contributed by atoms with Gasteiger partial charge in [-0.15, -0.1) is 0 Å². The Hall–Kier alpha value is -0.935. The number of H-pyrrole nitrogens is 1. The van der Waals surface area contributed by atoms with Gasteiger partial charge in [0, 0.05) is 11.8 Å². The van der Waals surface area contributed by atoms with Gasteiger partial charge in [0.25, 0.3) is 0 Å². The highest BCUT2D eigenvalue weighted by Gasteiger charge is 2.13. The van der Waals surface area contributed by atoms with Crippen molar-refractivity contribution in [1.29, 1.82) is 0 Å². The van der Waals surface area contributed by atoms with Crippen LogP contribution in [0.15, 0.2) is 12.3 Å². The van der Waals surface area contributed by atoms with Gasteiger partial charge in [-0.25, -0.2) is 0 Å². The Morgan fingerprint density at radius 1 is 1.54 bits per heavy atom. The predicted octanol–water partition coefficient (Wildman–Crippen LogP) is -0.127. The molecular formula is C8H14BNO3. The fourth-order valence-corrected chi connectivity index (χ4v) is 0.958. The summed E-state index contributed by atoms with van der Waals surface area (Å²) >= 11 is 0. The summed E-state index contributed by atoms with van der Waals surface area (Å²) in [5.41, 5.74) is 0.353. The molecule has 0 atom stereocenters. The summed E-state index contributed by atoms with van der Waals surface area (Å²) in [7, 11) is -1.46. The molecule has 13 heavy (non-hydrogen) atoms. The topological polar surface area (TPSA) is 65.5 Å². The van der Waals surface area contributed by atoms with E-state index in [1.165, 1.54) is 0 Å². The molecule has 1 aromatic heterocycles. The zero-order chi connectivity index (χ0) is 9.68. The maximum Gasteiger partial charge on any atom is 0.505 e. The maximum atomic E-state index is 8.78. The first-order chi connectivity index (χ1) is 6.24. The van der Waals surface area contributed by atoms with Gasteiger partial charge in [-0.2, -0.15) is 0 Å². The van der Waals surface area contributed by atoms with Gasteiger partial charge >= 0.3 is 7.12 Å². The lowest BCUT2D eigenvalue weighted by atomic mass is 9.87. The number of rotatable bonds is 5. The number of unbranched alkanes of at least 4 members (excludes halogenated alkanes) is 1. The molecule has 0 bridgehead atoms. The van der Waals surface area contributed by atoms with Crippen LogP contribution in [0.1, 0.15) is 19.8 Å². The smallest absolute Gasteiger partial charge is 0.492 e. The van der Waals surface area contributed by atoms with E-state index in [1.807, 2.05) is 0 Å². The van der Waals surface area contributed by atoms with Crippen LogP contribution in [0, 0.1) is 0 Å². The van der Waals surface area contributed by atoms with Crippen LogP contribution in [0.4, 0.5) is 0 Å². The van der Waals surface area contributed by atoms with E-state index in [0.717, 1.165) is 12.8 Å². The lowest BCUT2D eigenvalue weighted by Gasteiger charge is -2.00. The van der Waals surface area contributed by atoms with Crippen molar-refractivity contribution in [2.24, 2.45) is 0 Å². The fourth-order valence-electron chi connectivity index (χ4n) is 0.958. The second-order valence-corrected chi connectivity index (χ2v) is 2.87. The molecule has 0 aliphatic heterocycles. The highest BCUT2D eigenvalue weighted by atomic mass is 16.5. The number of aromatic amines is 1. The van der Waals surface area contributed by atoms with E-state index in [0.29, 0.717) is 17.9 Å². The van der Waals surface area contributed by atoms with Crippen molar-refractivity contribution in [3.63, 3.8) is 0 Å². The lowest BCUT2D eigenvalue weighted by Crippen LogP contribution is -2.30. The van der Waals surface area contributed by atoms with Gasteiger partial charge in [0.2, 0.25) is 0 Å². The molecular weight excluding hydrogens is 169 g/mol. The molecule has 0 amide bonds. The molecule has 1 heterocycles. The summed E-state index contributed by atoms with van der Waals surface area (Å²) in [5.74, 6) is 0.650. The van der Waals surface area contributed by atoms with Crippen molar-refractivity contribution >= 4 is 12.7 Å². The minimum atomic E-state index is -1.46. The largest absolute Gasteiger partial charge is 0.505 e. The first-order valence-corrected chi connectivity index (χ1v) is 4.41. The Labute approximate surface area is 77.7 Å². The first-order valence-electron chi connectivity index (χ1n) is 4.41. The quantitative estimate of drug-likeness (QED) is 0.440. The SMILES string of the molecule is CCCCOc1c[nH]c(B(O)O)c1. The Balaban J connectivity index is 2.40. The summed E-state index contributed by atoms with van der Waals surface area (Å²) < 4.78 is 5.32. The molecule has 4 nitrogen and oxygen atoms in total. The standard InChI is InChI=1S/C8H14BNO3/c1-2-3-4-13-7-5-8(9(11)12)10-6-7/h5-6,10-12H,2-4H2,1H3. The molecule has 0 spiro atoms. The van der Waals surface area contributed by atoms with Crippen LogP contribution in [0.3, 0.4) is 0 Å². The normalized spacial score (nSPS) is 10.1. The number of aromatic nitrogens is 1. The van der Waals surface area contributed by atoms with Gasteiger partial charge < -0.3 is 19.8 Å². The third-order valence-electron chi connectivity index (χ3n) is 1.72. The zero-order valence-electron chi connectivity index (χ0n) is 7.66. The Morgan fingerprint density at radius 2 is 2.31 bits per heavy atom. The van der Waals surface area contributed by atoms with E-state index < -0.39 is 7.12 Å². The van der Waals surface area contributed by atoms with E-state index >= 15 is 0 Å². The Morgan fingerprint density at radius 3 is 2.85 bits per heavy atom. The number of hydrogen-bond donors (Lipinski definition) is 3. The molecule has 0 fully saturated rings. The minimum absolute atomic E-state index is 0.353. The molecule has 0 aliphatic rings. The van der Waals surface area contributed by atoms with E-state index in [1.54, 1.807) is 12.3 Å². The molecule has 5 heteroatoms. The van der Waals surface area contributed by atoms with Crippen LogP contribution in [0.25, 0.3) is 0 Å². The van der Waals surface area contributed by atoms with Gasteiger partial charge in [-0.1, -0.05) is 13.3 Å². The fraction of sp³-hybridized carbons (Fsp3) is 0.500. The summed E-state index contributed by atoms with van der Waals surface area (Å²) in [5, 5.41) is 17.6. The lowest BCUT2D eigenvalue weighted by molar-refractivity contribution is 0.310. The Kier molecular flexibility index (Phi) is 3.86. The van der Waals surface area contributed by atoms with E-state index in [-0.39, 0.29) is 0 Å². The average Bonchev–Trinajstić information content (AvgIpc) is 2.53. The monoisotopic (exact) mass is 183 g/mol. The van der Waals surface area contributed by atoms with E-state index in [9.17, 15) is 0 Å². The predicted molar refractivity (Wildman–Crippen MR) is 51.0 cm³/mol. The molecule has 1 aromatic rings. The Bertz CT molecular complexity index is 249. The van der Waals surface area contributed by atoms with Crippen molar-refractivity contribution in [3.05, 3.63) is 12.3 Å². The van der Waals surface area contributed by atoms with E-state index in [4.69, 9.17) is 14.8 Å². The molecule has 72 valence electrons. The third-order valence-corrected chi connectivity index (χ3v) is 1.72. The average molecular weight is 183 g/mol. The summed E-state index contributed by atoms with van der Waals surface area (Å²) in [6.45, 7) is 2.75. The van der Waals surface area contributed by atoms with Gasteiger partial charge in [0.05, 0.1) is 6.61 Å². The van der Waals surface area contributed by atoms with Crippen molar-refractivity contribution in [1.82, 2.24) is 4.98 Å². The van der Waals surface area contributed by atoms with Crippen molar-refractivity contribution in [2.45, 2.75) is 19.8 Å². The summed E-state index contributed by atoms with van der Waals surface area (Å²) in [6.07, 6.45) is 3.70. The van der Waals surface area contributed by atoms with Gasteiger partial charge in [-0.05, 0) is 12.5 Å². The molecule has 0 saturated heterocycles. The molecule has 3 N–H and O–H groups in total. The van der Waals surface area contributed by atoms with Crippen LogP contribution in [-0.4, -0.2) is 28.8 Å². The molecule has 0 aromatic carbocycles. The van der Waals surface area contributed by atoms with Crippen molar-refractivity contribution < 1.29 is 14.8 Å². The minimum Gasteiger partial charge on any atom is -0.492 e. The highest BCUT2D eigenvalue weighted by molar-refractivity contribution is 6.57. The molecule has 0 aliphatic carbocycles. The van der Waals surface area contributed by atoms with Crippen LogP contribution in [-0.2, 0) is 0 Å². The molecule has 0 unspecified atom stereocenters. The molecule has 0 saturated carbocycles.